The second-order valence-corrected chi connectivity index (χ2v) is 8.78. The van der Waals surface area contributed by atoms with Gasteiger partial charge in [0.05, 0.1) is 7.11 Å². The van der Waals surface area contributed by atoms with Crippen LogP contribution in [0, 0.1) is 11.8 Å². The number of methoxy groups -OCH3 is 1. The van der Waals surface area contributed by atoms with Crippen LogP contribution in [0.3, 0.4) is 0 Å². The second kappa shape index (κ2) is 6.04. The average molecular weight is 354 g/mol. The number of carbonyl (C=O) groups is 1. The van der Waals surface area contributed by atoms with Crippen LogP contribution in [-0.4, -0.2) is 35.0 Å². The molecule has 0 spiro atoms. The van der Waals surface area contributed by atoms with Gasteiger partial charge in [0.25, 0.3) is 0 Å². The van der Waals surface area contributed by atoms with Crippen LogP contribution in [-0.2, 0) is 4.79 Å². The van der Waals surface area contributed by atoms with Gasteiger partial charge in [0.2, 0.25) is 5.91 Å². The van der Waals surface area contributed by atoms with Gasteiger partial charge in [0.1, 0.15) is 5.75 Å². The van der Waals surface area contributed by atoms with Crippen LogP contribution in [0.4, 0.5) is 0 Å². The van der Waals surface area contributed by atoms with E-state index in [-0.39, 0.29) is 7.34 Å². The quantitative estimate of drug-likeness (QED) is 0.864. The van der Waals surface area contributed by atoms with Gasteiger partial charge in [0, 0.05) is 37.0 Å². The highest BCUT2D eigenvalue weighted by molar-refractivity contribution is 5.86. The standard InChI is InChI=1S/C22H28N2O2.H2/c1-13(20-12-23-21-4-3-18(26-2)11-19(20)21)5-22(25)24-16-7-14-6-15(9-16)10-17(24)8-14;/h3-4,11-17,23H,5-10H2,1-2H3;1H. The fraction of sp³-hybridized carbons (Fsp3) is 0.591. The van der Waals surface area contributed by atoms with Crippen molar-refractivity contribution in [3.8, 4) is 5.75 Å². The summed E-state index contributed by atoms with van der Waals surface area (Å²) >= 11 is 0. The Kier molecular flexibility index (Phi) is 3.77. The Balaban J connectivity index is 0.00000180. The number of rotatable bonds is 4. The number of ether oxygens (including phenoxy) is 1. The summed E-state index contributed by atoms with van der Waals surface area (Å²) in [5.41, 5.74) is 2.33. The Bertz CT molecular complexity index is 818. The molecule has 6 rings (SSSR count). The Morgan fingerprint density at radius 1 is 1.23 bits per heavy atom. The van der Waals surface area contributed by atoms with E-state index in [9.17, 15) is 4.79 Å². The van der Waals surface area contributed by atoms with Gasteiger partial charge in [-0.25, -0.2) is 0 Å². The summed E-state index contributed by atoms with van der Waals surface area (Å²) in [6, 6.07) is 7.14. The van der Waals surface area contributed by atoms with Crippen LogP contribution in [0.25, 0.3) is 10.9 Å². The molecule has 2 saturated carbocycles. The minimum atomic E-state index is 0. The molecule has 2 aromatic rings. The van der Waals surface area contributed by atoms with Crippen molar-refractivity contribution >= 4 is 16.8 Å². The largest absolute Gasteiger partial charge is 0.497 e. The molecule has 1 aromatic heterocycles. The monoisotopic (exact) mass is 354 g/mol. The van der Waals surface area contributed by atoms with Gasteiger partial charge in [-0.2, -0.15) is 0 Å². The fourth-order valence-electron chi connectivity index (χ4n) is 6.07. The summed E-state index contributed by atoms with van der Waals surface area (Å²) in [6.07, 6.45) is 9.08. The van der Waals surface area contributed by atoms with Crippen molar-refractivity contribution in [3.05, 3.63) is 30.0 Å². The third-order valence-electron chi connectivity index (χ3n) is 7.10. The molecular formula is C22H30N2O2. The number of benzene rings is 1. The molecule has 0 radical (unpaired) electrons. The highest BCUT2D eigenvalue weighted by Gasteiger charge is 2.48. The number of nitrogens with one attached hydrogen (secondary N) is 1. The summed E-state index contributed by atoms with van der Waals surface area (Å²) in [5, 5.41) is 1.17. The van der Waals surface area contributed by atoms with Gasteiger partial charge in [-0.1, -0.05) is 6.92 Å². The number of piperidine rings is 2. The van der Waals surface area contributed by atoms with Crippen molar-refractivity contribution in [1.82, 2.24) is 9.88 Å². The topological polar surface area (TPSA) is 45.3 Å². The lowest BCUT2D eigenvalue weighted by Gasteiger charge is -2.56. The van der Waals surface area contributed by atoms with Gasteiger partial charge in [-0.3, -0.25) is 4.79 Å². The fourth-order valence-corrected chi connectivity index (χ4v) is 6.07. The van der Waals surface area contributed by atoms with E-state index >= 15 is 0 Å². The lowest BCUT2D eigenvalue weighted by molar-refractivity contribution is -0.149. The molecule has 4 fully saturated rings. The number of fused-ring (bicyclic) bond motifs is 1. The third kappa shape index (κ3) is 2.53. The van der Waals surface area contributed by atoms with Crippen molar-refractivity contribution in [2.45, 2.75) is 63.5 Å². The van der Waals surface area contributed by atoms with Gasteiger partial charge in [-0.05, 0) is 73.6 Å². The van der Waals surface area contributed by atoms with Crippen molar-refractivity contribution in [2.75, 3.05) is 7.11 Å². The van der Waals surface area contributed by atoms with Crippen LogP contribution >= 0.6 is 0 Å². The molecule has 1 N–H and O–H groups in total. The Morgan fingerprint density at radius 2 is 1.92 bits per heavy atom. The highest BCUT2D eigenvalue weighted by Crippen LogP contribution is 2.49. The average Bonchev–Trinajstić information content (AvgIpc) is 3.03. The Morgan fingerprint density at radius 3 is 2.58 bits per heavy atom. The first-order valence-corrected chi connectivity index (χ1v) is 10.1. The minimum Gasteiger partial charge on any atom is -0.497 e. The number of hydrogen-bond acceptors (Lipinski definition) is 2. The van der Waals surface area contributed by atoms with Gasteiger partial charge >= 0.3 is 0 Å². The van der Waals surface area contributed by atoms with Gasteiger partial charge in [0.15, 0.2) is 0 Å². The maximum Gasteiger partial charge on any atom is 0.223 e. The molecule has 4 bridgehead atoms. The number of hydrogen-bond donors (Lipinski definition) is 1. The summed E-state index contributed by atoms with van der Waals surface area (Å²) in [6.45, 7) is 2.18. The van der Waals surface area contributed by atoms with E-state index in [0.29, 0.717) is 24.4 Å². The first kappa shape index (κ1) is 16.2. The molecular weight excluding hydrogens is 324 g/mol. The minimum absolute atomic E-state index is 0. The van der Waals surface area contributed by atoms with E-state index < -0.39 is 0 Å². The normalized spacial score (nSPS) is 30.8. The molecule has 4 aliphatic rings. The van der Waals surface area contributed by atoms with Crippen LogP contribution in [0.2, 0.25) is 0 Å². The molecule has 2 aliphatic carbocycles. The number of aromatic nitrogens is 1. The molecule has 4 nitrogen and oxygen atoms in total. The molecule has 2 saturated heterocycles. The molecule has 3 heterocycles. The molecule has 1 amide bonds. The lowest BCUT2D eigenvalue weighted by atomic mass is 9.63. The van der Waals surface area contributed by atoms with Crippen LogP contribution in [0.1, 0.15) is 58.4 Å². The number of carbonyl (C=O) groups excluding carboxylic acids is 1. The predicted octanol–water partition coefficient (Wildman–Crippen LogP) is 4.71. The SMILES string of the molecule is COc1ccc2[nH]cc(C(C)CC(=O)N3C4CC5CC(C4)CC3C5)c2c1.[HH]. The van der Waals surface area contributed by atoms with Crippen molar-refractivity contribution in [3.63, 3.8) is 0 Å². The summed E-state index contributed by atoms with van der Waals surface area (Å²) in [4.78, 5) is 18.8. The van der Waals surface area contributed by atoms with E-state index in [1.165, 1.54) is 43.1 Å². The van der Waals surface area contributed by atoms with Crippen LogP contribution in [0.15, 0.2) is 24.4 Å². The smallest absolute Gasteiger partial charge is 0.223 e. The van der Waals surface area contributed by atoms with E-state index in [2.05, 4.69) is 29.1 Å². The summed E-state index contributed by atoms with van der Waals surface area (Å²) in [7, 11) is 1.69. The van der Waals surface area contributed by atoms with Gasteiger partial charge in [-0.15, -0.1) is 0 Å². The zero-order chi connectivity index (χ0) is 17.8. The predicted molar refractivity (Wildman–Crippen MR) is 104 cm³/mol. The lowest BCUT2D eigenvalue weighted by Crippen LogP contribution is -2.59. The molecule has 1 unspecified atom stereocenters. The van der Waals surface area contributed by atoms with E-state index in [1.54, 1.807) is 7.11 Å². The van der Waals surface area contributed by atoms with Crippen LogP contribution in [0.5, 0.6) is 5.75 Å². The Hall–Kier alpha value is -1.97. The van der Waals surface area contributed by atoms with Crippen molar-refractivity contribution in [2.24, 2.45) is 11.8 Å². The molecule has 1 atom stereocenters. The number of H-pyrrole nitrogens is 1. The zero-order valence-electron chi connectivity index (χ0n) is 15.7. The molecule has 26 heavy (non-hydrogen) atoms. The number of aromatic amines is 1. The van der Waals surface area contributed by atoms with Gasteiger partial charge < -0.3 is 14.6 Å². The molecule has 140 valence electrons. The van der Waals surface area contributed by atoms with E-state index in [0.717, 1.165) is 23.1 Å². The second-order valence-electron chi connectivity index (χ2n) is 8.78. The maximum absolute atomic E-state index is 13.2. The summed E-state index contributed by atoms with van der Waals surface area (Å²) < 4.78 is 5.38. The van der Waals surface area contributed by atoms with Crippen LogP contribution < -0.4 is 4.74 Å². The molecule has 1 aromatic carbocycles. The maximum atomic E-state index is 13.2. The highest BCUT2D eigenvalue weighted by atomic mass is 16.5. The zero-order valence-corrected chi connectivity index (χ0v) is 15.7. The number of nitrogens with zero attached hydrogens (tertiary/aromatic N) is 1. The first-order chi connectivity index (χ1) is 12.6. The molecule has 4 heteroatoms. The first-order valence-electron chi connectivity index (χ1n) is 10.1. The van der Waals surface area contributed by atoms with E-state index in [1.807, 2.05) is 12.1 Å². The van der Waals surface area contributed by atoms with E-state index in [4.69, 9.17) is 4.74 Å². The Labute approximate surface area is 156 Å². The van der Waals surface area contributed by atoms with Crippen molar-refractivity contribution in [1.29, 1.82) is 0 Å². The molecule has 2 aliphatic heterocycles. The third-order valence-corrected chi connectivity index (χ3v) is 7.10. The van der Waals surface area contributed by atoms with Crippen molar-refractivity contribution < 1.29 is 11.0 Å². The number of amides is 1. The summed E-state index contributed by atoms with van der Waals surface area (Å²) in [5.74, 6) is 3.21.